The molecule has 22 heavy (non-hydrogen) atoms. The minimum Gasteiger partial charge on any atom is -0.490 e. The molecule has 0 fully saturated rings. The van der Waals surface area contributed by atoms with E-state index in [9.17, 15) is 24.1 Å². The third-order valence-corrected chi connectivity index (χ3v) is 2.51. The molecule has 0 spiro atoms. The Morgan fingerprint density at radius 1 is 1.50 bits per heavy atom. The molecule has 0 saturated carbocycles. The average Bonchev–Trinajstić information content (AvgIpc) is 2.49. The number of nitrogens with one attached hydrogen (secondary N) is 1. The van der Waals surface area contributed by atoms with E-state index in [1.807, 2.05) is 5.32 Å². The summed E-state index contributed by atoms with van der Waals surface area (Å²) in [7, 11) is 1.23. The van der Waals surface area contributed by atoms with Crippen LogP contribution in [0.25, 0.3) is 0 Å². The Morgan fingerprint density at radius 2 is 2.18 bits per heavy atom. The van der Waals surface area contributed by atoms with Crippen molar-refractivity contribution in [3.05, 3.63) is 28.3 Å². The Hall–Kier alpha value is -2.91. The van der Waals surface area contributed by atoms with Crippen LogP contribution in [0, 0.1) is 10.1 Å². The fourth-order valence-corrected chi connectivity index (χ4v) is 1.45. The van der Waals surface area contributed by atoms with Crippen molar-refractivity contribution in [2.45, 2.75) is 6.04 Å². The van der Waals surface area contributed by atoms with Gasteiger partial charge in [-0.2, -0.15) is 0 Å². The van der Waals surface area contributed by atoms with Crippen molar-refractivity contribution in [2.75, 3.05) is 20.4 Å². The lowest BCUT2D eigenvalue weighted by atomic mass is 10.3. The fourth-order valence-electron chi connectivity index (χ4n) is 1.45. The number of carboxylic acid groups (broad SMARTS) is 1. The number of hydrogen-bond acceptors (Lipinski definition) is 6. The van der Waals surface area contributed by atoms with Gasteiger partial charge in [0.15, 0.2) is 12.6 Å². The van der Waals surface area contributed by atoms with E-state index >= 15 is 0 Å². The first-order valence-corrected chi connectivity index (χ1v) is 5.92. The van der Waals surface area contributed by atoms with E-state index in [0.29, 0.717) is 0 Å². The van der Waals surface area contributed by atoms with Gasteiger partial charge in [-0.15, -0.1) is 0 Å². The van der Waals surface area contributed by atoms with E-state index in [1.54, 1.807) is 0 Å². The molecular formula is C12H13FN2O7. The Bertz CT molecular complexity index is 579. The van der Waals surface area contributed by atoms with Crippen molar-refractivity contribution in [2.24, 2.45) is 0 Å². The molecule has 9 nitrogen and oxygen atoms in total. The topological polar surface area (TPSA) is 128 Å². The zero-order valence-corrected chi connectivity index (χ0v) is 11.4. The SMILES string of the molecule is COc1cc(OCC(=O)NC(CF)C(=O)O)ccc1[N+](=O)[O-]. The first-order chi connectivity index (χ1) is 10.4. The summed E-state index contributed by atoms with van der Waals surface area (Å²) in [6.45, 7) is -1.84. The maximum atomic E-state index is 12.3. The first kappa shape index (κ1) is 17.1. The number of rotatable bonds is 8. The van der Waals surface area contributed by atoms with Crippen LogP contribution in [0.5, 0.6) is 11.5 Å². The molecule has 1 aromatic carbocycles. The van der Waals surface area contributed by atoms with Crippen molar-refractivity contribution in [3.8, 4) is 11.5 Å². The van der Waals surface area contributed by atoms with Crippen LogP contribution in [-0.2, 0) is 9.59 Å². The number of hydrogen-bond donors (Lipinski definition) is 2. The first-order valence-electron chi connectivity index (χ1n) is 5.92. The van der Waals surface area contributed by atoms with E-state index < -0.39 is 36.1 Å². The van der Waals surface area contributed by atoms with E-state index in [0.717, 1.165) is 6.07 Å². The molecule has 0 heterocycles. The summed E-state index contributed by atoms with van der Waals surface area (Å²) in [5.74, 6) is -2.31. The largest absolute Gasteiger partial charge is 0.490 e. The molecule has 120 valence electrons. The van der Waals surface area contributed by atoms with Gasteiger partial charge in [0.2, 0.25) is 5.75 Å². The number of nitrogens with zero attached hydrogens (tertiary/aromatic N) is 1. The second-order valence-electron chi connectivity index (χ2n) is 3.99. The van der Waals surface area contributed by atoms with Crippen LogP contribution in [0.4, 0.5) is 10.1 Å². The molecule has 2 N–H and O–H groups in total. The van der Waals surface area contributed by atoms with Crippen LogP contribution in [0.15, 0.2) is 18.2 Å². The monoisotopic (exact) mass is 316 g/mol. The summed E-state index contributed by atoms with van der Waals surface area (Å²) in [5, 5.41) is 21.2. The smallest absolute Gasteiger partial charge is 0.328 e. The number of nitro groups is 1. The van der Waals surface area contributed by atoms with Crippen LogP contribution in [0.1, 0.15) is 0 Å². The van der Waals surface area contributed by atoms with Gasteiger partial charge in [-0.3, -0.25) is 14.9 Å². The van der Waals surface area contributed by atoms with Gasteiger partial charge >= 0.3 is 11.7 Å². The Kier molecular flexibility index (Phi) is 6.05. The zero-order valence-electron chi connectivity index (χ0n) is 11.4. The number of halogens is 1. The molecule has 1 aromatic rings. The van der Waals surface area contributed by atoms with Crippen LogP contribution < -0.4 is 14.8 Å². The number of amides is 1. The molecule has 1 amide bonds. The molecular weight excluding hydrogens is 303 g/mol. The number of carboxylic acids is 1. The van der Waals surface area contributed by atoms with Crippen molar-refractivity contribution in [3.63, 3.8) is 0 Å². The van der Waals surface area contributed by atoms with E-state index in [2.05, 4.69) is 0 Å². The van der Waals surface area contributed by atoms with Gasteiger partial charge in [0, 0.05) is 12.1 Å². The van der Waals surface area contributed by atoms with E-state index in [1.165, 1.54) is 19.2 Å². The Balaban J connectivity index is 2.66. The molecule has 0 aliphatic heterocycles. The summed E-state index contributed by atoms with van der Waals surface area (Å²) in [6.07, 6.45) is 0. The quantitative estimate of drug-likeness (QED) is 0.528. The molecule has 0 aromatic heterocycles. The summed E-state index contributed by atoms with van der Waals surface area (Å²) in [6, 6.07) is 1.93. The van der Waals surface area contributed by atoms with Crippen LogP contribution in [0.3, 0.4) is 0 Å². The van der Waals surface area contributed by atoms with Crippen LogP contribution >= 0.6 is 0 Å². The molecule has 0 aliphatic rings. The van der Waals surface area contributed by atoms with E-state index in [4.69, 9.17) is 14.6 Å². The highest BCUT2D eigenvalue weighted by atomic mass is 19.1. The minimum atomic E-state index is -1.65. The normalized spacial score (nSPS) is 11.4. The summed E-state index contributed by atoms with van der Waals surface area (Å²) < 4.78 is 22.2. The van der Waals surface area contributed by atoms with Gasteiger partial charge in [0.1, 0.15) is 12.4 Å². The zero-order chi connectivity index (χ0) is 16.7. The predicted octanol–water partition coefficient (Wildman–Crippen LogP) is 0.521. The number of benzene rings is 1. The summed E-state index contributed by atoms with van der Waals surface area (Å²) in [5.41, 5.74) is -0.275. The average molecular weight is 316 g/mol. The number of nitro benzene ring substituents is 1. The Labute approximate surface area is 123 Å². The fraction of sp³-hybridized carbons (Fsp3) is 0.333. The van der Waals surface area contributed by atoms with Gasteiger partial charge in [0.25, 0.3) is 5.91 Å². The lowest BCUT2D eigenvalue weighted by molar-refractivity contribution is -0.385. The highest BCUT2D eigenvalue weighted by Gasteiger charge is 2.20. The lowest BCUT2D eigenvalue weighted by Crippen LogP contribution is -2.44. The van der Waals surface area contributed by atoms with Gasteiger partial charge < -0.3 is 19.9 Å². The van der Waals surface area contributed by atoms with Gasteiger partial charge in [-0.05, 0) is 6.07 Å². The highest BCUT2D eigenvalue weighted by molar-refractivity contribution is 5.84. The minimum absolute atomic E-state index is 0.0601. The Morgan fingerprint density at radius 3 is 2.68 bits per heavy atom. The molecule has 1 rings (SSSR count). The molecule has 0 saturated heterocycles. The van der Waals surface area contributed by atoms with Gasteiger partial charge in [0.05, 0.1) is 12.0 Å². The third kappa shape index (κ3) is 4.58. The molecule has 1 unspecified atom stereocenters. The number of ether oxygens (including phenoxy) is 2. The van der Waals surface area contributed by atoms with Crippen molar-refractivity contribution >= 4 is 17.6 Å². The van der Waals surface area contributed by atoms with Crippen LogP contribution in [-0.4, -0.2) is 48.3 Å². The van der Waals surface area contributed by atoms with Gasteiger partial charge in [-0.1, -0.05) is 0 Å². The molecule has 0 bridgehead atoms. The molecule has 1 atom stereocenters. The summed E-state index contributed by atoms with van der Waals surface area (Å²) >= 11 is 0. The second kappa shape index (κ2) is 7.76. The van der Waals surface area contributed by atoms with Crippen LogP contribution in [0.2, 0.25) is 0 Å². The highest BCUT2D eigenvalue weighted by Crippen LogP contribution is 2.30. The molecule has 0 radical (unpaired) electrons. The van der Waals surface area contributed by atoms with E-state index in [-0.39, 0.29) is 17.2 Å². The van der Waals surface area contributed by atoms with Gasteiger partial charge in [-0.25, -0.2) is 9.18 Å². The standard InChI is InChI=1S/C12H13FN2O7/c1-21-10-4-7(2-3-9(10)15(19)20)22-6-11(16)14-8(5-13)12(17)18/h2-4,8H,5-6H2,1H3,(H,14,16)(H,17,18). The molecule has 10 heteroatoms. The number of aliphatic carboxylic acids is 1. The van der Waals surface area contributed by atoms with Crippen molar-refractivity contribution in [1.82, 2.24) is 5.32 Å². The van der Waals surface area contributed by atoms with Crippen molar-refractivity contribution in [1.29, 1.82) is 0 Å². The summed E-state index contributed by atoms with van der Waals surface area (Å²) in [4.78, 5) is 32.0. The number of carbonyl (C=O) groups is 2. The number of alkyl halides is 1. The third-order valence-electron chi connectivity index (χ3n) is 2.51. The molecule has 0 aliphatic carbocycles. The lowest BCUT2D eigenvalue weighted by Gasteiger charge is -2.12. The van der Waals surface area contributed by atoms with Crippen molar-refractivity contribution < 1.29 is 33.5 Å². The predicted molar refractivity (Wildman–Crippen MR) is 70.7 cm³/mol. The second-order valence-corrected chi connectivity index (χ2v) is 3.99. The maximum Gasteiger partial charge on any atom is 0.328 e. The maximum absolute atomic E-state index is 12.3. The number of carbonyl (C=O) groups excluding carboxylic acids is 1. The number of methoxy groups -OCH3 is 1.